The highest BCUT2D eigenvalue weighted by Crippen LogP contribution is 2.19. The van der Waals surface area contributed by atoms with Crippen LogP contribution < -0.4 is 5.32 Å². The summed E-state index contributed by atoms with van der Waals surface area (Å²) < 4.78 is 5.09. The molecule has 1 N–H and O–H groups in total. The predicted molar refractivity (Wildman–Crippen MR) is 67.3 cm³/mol. The van der Waals surface area contributed by atoms with Crippen molar-refractivity contribution >= 4 is 11.9 Å². The molecule has 0 radical (unpaired) electrons. The van der Waals surface area contributed by atoms with Crippen molar-refractivity contribution < 1.29 is 9.32 Å². The van der Waals surface area contributed by atoms with Gasteiger partial charge in [-0.1, -0.05) is 19.0 Å². The van der Waals surface area contributed by atoms with Crippen molar-refractivity contribution in [2.75, 3.05) is 11.9 Å². The predicted octanol–water partition coefficient (Wildman–Crippen LogP) is 1.61. The molecule has 0 bridgehead atoms. The fourth-order valence-electron chi connectivity index (χ4n) is 2.03. The molecule has 1 aromatic rings. The number of rotatable bonds is 4. The Balaban J connectivity index is 2.00. The summed E-state index contributed by atoms with van der Waals surface area (Å²) in [6.07, 6.45) is 0.774. The van der Waals surface area contributed by atoms with E-state index in [1.54, 1.807) is 0 Å². The molecule has 0 unspecified atom stereocenters. The number of carbonyl (C=O) groups is 1. The van der Waals surface area contributed by atoms with Crippen LogP contribution in [-0.2, 0) is 4.79 Å². The zero-order valence-electron chi connectivity index (χ0n) is 11.3. The van der Waals surface area contributed by atoms with Gasteiger partial charge in [0, 0.05) is 18.5 Å². The Morgan fingerprint density at radius 3 is 2.61 bits per heavy atom. The topological polar surface area (TPSA) is 71.3 Å². The first-order valence-corrected chi connectivity index (χ1v) is 6.39. The molecule has 6 nitrogen and oxygen atoms in total. The first-order chi connectivity index (χ1) is 8.49. The fourth-order valence-corrected chi connectivity index (χ4v) is 2.03. The molecule has 0 saturated carbocycles. The molecular formula is C12H20N4O2. The maximum Gasteiger partial charge on any atom is 0.322 e. The van der Waals surface area contributed by atoms with Crippen molar-refractivity contribution in [3.8, 4) is 0 Å². The number of hydrogen-bond donors (Lipinski definition) is 1. The molecule has 1 aliphatic rings. The summed E-state index contributed by atoms with van der Waals surface area (Å²) in [5.41, 5.74) is 0. The third-order valence-electron chi connectivity index (χ3n) is 3.12. The van der Waals surface area contributed by atoms with Gasteiger partial charge in [0.1, 0.15) is 6.04 Å². The Bertz CT molecular complexity index is 427. The van der Waals surface area contributed by atoms with E-state index in [2.05, 4.69) is 15.5 Å². The van der Waals surface area contributed by atoms with Gasteiger partial charge in [-0.3, -0.25) is 4.79 Å². The normalized spacial score (nSPS) is 20.2. The Labute approximate surface area is 107 Å². The van der Waals surface area contributed by atoms with Gasteiger partial charge in [-0.15, -0.1) is 0 Å². The average Bonchev–Trinajstić information content (AvgIpc) is 2.87. The van der Waals surface area contributed by atoms with Crippen LogP contribution in [0.5, 0.6) is 0 Å². The summed E-state index contributed by atoms with van der Waals surface area (Å²) in [5.74, 6) is 0.980. The number of anilines is 1. The largest absolute Gasteiger partial charge is 0.338 e. The summed E-state index contributed by atoms with van der Waals surface area (Å²) in [7, 11) is 0. The van der Waals surface area contributed by atoms with Crippen LogP contribution in [0.25, 0.3) is 0 Å². The van der Waals surface area contributed by atoms with Gasteiger partial charge >= 0.3 is 6.01 Å². The minimum absolute atomic E-state index is 0.106. The van der Waals surface area contributed by atoms with Crippen molar-refractivity contribution in [1.29, 1.82) is 0 Å². The molecule has 1 atom stereocenters. The Morgan fingerprint density at radius 1 is 1.39 bits per heavy atom. The summed E-state index contributed by atoms with van der Waals surface area (Å²) in [6.45, 7) is 8.80. The van der Waals surface area contributed by atoms with E-state index in [1.165, 1.54) is 0 Å². The van der Waals surface area contributed by atoms with Crippen LogP contribution in [0, 0.1) is 0 Å². The zero-order chi connectivity index (χ0) is 13.3. The maximum absolute atomic E-state index is 12.1. The standard InChI is InChI=1S/C12H20N4O2/c1-7(2)10-14-12(18-15-10)13-9-5-6-16(8(3)4)11(9)17/h7-9H,5-6H2,1-4H3,(H,13,14,15)/t9-/m0/s1. The lowest BCUT2D eigenvalue weighted by Crippen LogP contribution is -2.37. The van der Waals surface area contributed by atoms with E-state index in [9.17, 15) is 4.79 Å². The summed E-state index contributed by atoms with van der Waals surface area (Å²) in [5, 5.41) is 6.88. The molecule has 2 heterocycles. The minimum atomic E-state index is -0.243. The van der Waals surface area contributed by atoms with Gasteiger partial charge in [0.25, 0.3) is 0 Å². The number of likely N-dealkylation sites (tertiary alicyclic amines) is 1. The molecular weight excluding hydrogens is 232 g/mol. The fraction of sp³-hybridized carbons (Fsp3) is 0.750. The van der Waals surface area contributed by atoms with E-state index >= 15 is 0 Å². The molecule has 1 saturated heterocycles. The van der Waals surface area contributed by atoms with E-state index in [0.717, 1.165) is 13.0 Å². The van der Waals surface area contributed by atoms with Gasteiger partial charge in [-0.25, -0.2) is 0 Å². The van der Waals surface area contributed by atoms with Crippen molar-refractivity contribution in [1.82, 2.24) is 15.0 Å². The van der Waals surface area contributed by atoms with Crippen LogP contribution in [0.3, 0.4) is 0 Å². The van der Waals surface area contributed by atoms with Gasteiger partial charge in [-0.05, 0) is 20.3 Å². The lowest BCUT2D eigenvalue weighted by Gasteiger charge is -2.20. The molecule has 0 aromatic carbocycles. The third kappa shape index (κ3) is 2.47. The van der Waals surface area contributed by atoms with E-state index in [1.807, 2.05) is 32.6 Å². The first-order valence-electron chi connectivity index (χ1n) is 6.39. The molecule has 100 valence electrons. The van der Waals surface area contributed by atoms with Gasteiger partial charge in [0.05, 0.1) is 0 Å². The summed E-state index contributed by atoms with van der Waals surface area (Å²) in [6, 6.07) is 0.328. The molecule has 2 rings (SSSR count). The van der Waals surface area contributed by atoms with Gasteiger partial charge in [0.15, 0.2) is 5.82 Å². The number of aromatic nitrogens is 2. The van der Waals surface area contributed by atoms with E-state index in [0.29, 0.717) is 11.8 Å². The molecule has 1 aromatic heterocycles. The second kappa shape index (κ2) is 4.96. The molecule has 1 aliphatic heterocycles. The number of nitrogens with one attached hydrogen (secondary N) is 1. The van der Waals surface area contributed by atoms with Crippen molar-refractivity contribution in [3.05, 3.63) is 5.82 Å². The molecule has 1 fully saturated rings. The first kappa shape index (κ1) is 12.9. The number of carbonyl (C=O) groups excluding carboxylic acids is 1. The van der Waals surface area contributed by atoms with Crippen molar-refractivity contribution in [3.63, 3.8) is 0 Å². The van der Waals surface area contributed by atoms with Crippen LogP contribution in [0.1, 0.15) is 45.9 Å². The number of amides is 1. The van der Waals surface area contributed by atoms with Crippen molar-refractivity contribution in [2.24, 2.45) is 0 Å². The van der Waals surface area contributed by atoms with E-state index in [4.69, 9.17) is 4.52 Å². The maximum atomic E-state index is 12.1. The van der Waals surface area contributed by atoms with E-state index in [-0.39, 0.29) is 23.9 Å². The van der Waals surface area contributed by atoms with Crippen LogP contribution in [0.2, 0.25) is 0 Å². The zero-order valence-corrected chi connectivity index (χ0v) is 11.3. The Kier molecular flexibility index (Phi) is 3.54. The summed E-state index contributed by atoms with van der Waals surface area (Å²) >= 11 is 0. The van der Waals surface area contributed by atoms with Crippen molar-refractivity contribution in [2.45, 2.75) is 52.1 Å². The second-order valence-electron chi connectivity index (χ2n) is 5.22. The lowest BCUT2D eigenvalue weighted by atomic mass is 10.2. The molecule has 0 spiro atoms. The SMILES string of the molecule is CC(C)c1noc(N[C@H]2CCN(C(C)C)C2=O)n1. The third-order valence-corrected chi connectivity index (χ3v) is 3.12. The monoisotopic (exact) mass is 252 g/mol. The van der Waals surface area contributed by atoms with Gasteiger partial charge < -0.3 is 14.7 Å². The smallest absolute Gasteiger partial charge is 0.322 e. The van der Waals surface area contributed by atoms with Gasteiger partial charge in [-0.2, -0.15) is 4.98 Å². The van der Waals surface area contributed by atoms with E-state index < -0.39 is 0 Å². The van der Waals surface area contributed by atoms with Gasteiger partial charge in [0.2, 0.25) is 5.91 Å². The van der Waals surface area contributed by atoms with Crippen LogP contribution >= 0.6 is 0 Å². The Hall–Kier alpha value is -1.59. The highest BCUT2D eigenvalue weighted by Gasteiger charge is 2.33. The lowest BCUT2D eigenvalue weighted by molar-refractivity contribution is -0.129. The molecule has 0 aliphatic carbocycles. The number of hydrogen-bond acceptors (Lipinski definition) is 5. The summed E-state index contributed by atoms with van der Waals surface area (Å²) in [4.78, 5) is 18.1. The van der Waals surface area contributed by atoms with Crippen LogP contribution in [0.4, 0.5) is 6.01 Å². The quantitative estimate of drug-likeness (QED) is 0.881. The Morgan fingerprint density at radius 2 is 2.11 bits per heavy atom. The minimum Gasteiger partial charge on any atom is -0.338 e. The van der Waals surface area contributed by atoms with Crippen LogP contribution in [-0.4, -0.2) is 39.6 Å². The number of nitrogens with zero attached hydrogens (tertiary/aromatic N) is 3. The molecule has 6 heteroatoms. The second-order valence-corrected chi connectivity index (χ2v) is 5.22. The molecule has 1 amide bonds. The highest BCUT2D eigenvalue weighted by molar-refractivity contribution is 5.86. The highest BCUT2D eigenvalue weighted by atomic mass is 16.5. The van der Waals surface area contributed by atoms with Crippen LogP contribution in [0.15, 0.2) is 4.52 Å². The molecule has 18 heavy (non-hydrogen) atoms. The average molecular weight is 252 g/mol.